The zero-order chi connectivity index (χ0) is 14.7. The Kier molecular flexibility index (Phi) is 4.68. The number of nitrogens with zero attached hydrogens (tertiary/aromatic N) is 3. The highest BCUT2D eigenvalue weighted by molar-refractivity contribution is 5.81. The number of rotatable bonds is 4. The third kappa shape index (κ3) is 3.52. The fourth-order valence-electron chi connectivity index (χ4n) is 2.46. The average Bonchev–Trinajstić information content (AvgIpc) is 2.89. The predicted molar refractivity (Wildman–Crippen MR) is 80.9 cm³/mol. The summed E-state index contributed by atoms with van der Waals surface area (Å²) < 4.78 is 0. The van der Waals surface area contributed by atoms with Crippen molar-refractivity contribution in [2.45, 2.75) is 39.5 Å². The average molecular weight is 278 g/mol. The van der Waals surface area contributed by atoms with Crippen LogP contribution in [-0.2, 0) is 4.79 Å². The summed E-state index contributed by atoms with van der Waals surface area (Å²) in [5.74, 6) is 2.21. The van der Waals surface area contributed by atoms with Gasteiger partial charge in [0.15, 0.2) is 5.82 Å². The van der Waals surface area contributed by atoms with Crippen LogP contribution < -0.4 is 4.90 Å². The summed E-state index contributed by atoms with van der Waals surface area (Å²) in [5.41, 5.74) is 1.10. The van der Waals surface area contributed by atoms with Crippen molar-refractivity contribution < 1.29 is 4.79 Å². The smallest absolute Gasteiger partial charge is 0.242 e. The van der Waals surface area contributed by atoms with Crippen LogP contribution in [-0.4, -0.2) is 47.7 Å². The van der Waals surface area contributed by atoms with Crippen LogP contribution in [0.25, 0.3) is 0 Å². The molecular formula is C15H26N4O. The van der Waals surface area contributed by atoms with Gasteiger partial charge in [0.2, 0.25) is 5.91 Å². The molecule has 5 heteroatoms. The number of likely N-dealkylation sites (N-methyl/N-ethyl adjacent to an activating group) is 1. The number of amides is 1. The third-order valence-corrected chi connectivity index (χ3v) is 4.11. The minimum atomic E-state index is 0.202. The quantitative estimate of drug-likeness (QED) is 0.919. The molecule has 0 unspecified atom stereocenters. The van der Waals surface area contributed by atoms with Crippen LogP contribution in [0.15, 0.2) is 6.07 Å². The molecule has 1 amide bonds. The zero-order valence-corrected chi connectivity index (χ0v) is 13.0. The van der Waals surface area contributed by atoms with E-state index in [1.165, 1.54) is 0 Å². The molecule has 1 saturated heterocycles. The molecule has 1 aliphatic rings. The van der Waals surface area contributed by atoms with Crippen LogP contribution in [0.3, 0.4) is 0 Å². The third-order valence-electron chi connectivity index (χ3n) is 4.11. The Morgan fingerprint density at radius 2 is 2.15 bits per heavy atom. The van der Waals surface area contributed by atoms with Gasteiger partial charge in [-0.15, -0.1) is 0 Å². The molecule has 0 aromatic carbocycles. The first-order valence-corrected chi connectivity index (χ1v) is 7.51. The number of hydrogen-bond acceptors (Lipinski definition) is 3. The highest BCUT2D eigenvalue weighted by Crippen LogP contribution is 2.19. The van der Waals surface area contributed by atoms with E-state index < -0.39 is 0 Å². The molecule has 2 rings (SSSR count). The molecule has 1 fully saturated rings. The Hall–Kier alpha value is -1.52. The number of H-pyrrole nitrogens is 1. The summed E-state index contributed by atoms with van der Waals surface area (Å²) in [7, 11) is 1.92. The van der Waals surface area contributed by atoms with Crippen LogP contribution in [0, 0.1) is 5.92 Å². The van der Waals surface area contributed by atoms with Gasteiger partial charge in [-0.3, -0.25) is 9.89 Å². The number of hydrogen-bond donors (Lipinski definition) is 1. The van der Waals surface area contributed by atoms with E-state index in [0.717, 1.165) is 43.4 Å². The van der Waals surface area contributed by atoms with Gasteiger partial charge in [0.05, 0.1) is 6.54 Å². The Labute approximate surface area is 121 Å². The minimum Gasteiger partial charge on any atom is -0.349 e. The van der Waals surface area contributed by atoms with Gasteiger partial charge in [-0.25, -0.2) is 0 Å². The molecule has 0 bridgehead atoms. The Balaban J connectivity index is 1.89. The van der Waals surface area contributed by atoms with E-state index in [1.54, 1.807) is 0 Å². The second-order valence-electron chi connectivity index (χ2n) is 6.26. The first-order valence-electron chi connectivity index (χ1n) is 7.51. The molecule has 1 aromatic rings. The number of likely N-dealkylation sites (tertiary alicyclic amines) is 1. The lowest BCUT2D eigenvalue weighted by Gasteiger charge is -2.31. The molecule has 1 N–H and O–H groups in total. The summed E-state index contributed by atoms with van der Waals surface area (Å²) in [5, 5.41) is 7.31. The van der Waals surface area contributed by atoms with Gasteiger partial charge < -0.3 is 9.80 Å². The van der Waals surface area contributed by atoms with Gasteiger partial charge in [0.25, 0.3) is 0 Å². The SMILES string of the molecule is CC1CCN(C(=O)CN(C)c2cc(C(C)C)[nH]n2)CC1. The molecule has 5 nitrogen and oxygen atoms in total. The first-order chi connectivity index (χ1) is 9.47. The molecule has 20 heavy (non-hydrogen) atoms. The number of carbonyl (C=O) groups excluding carboxylic acids is 1. The van der Waals surface area contributed by atoms with Crippen molar-refractivity contribution in [1.82, 2.24) is 15.1 Å². The van der Waals surface area contributed by atoms with Crippen molar-refractivity contribution >= 4 is 11.7 Å². The van der Waals surface area contributed by atoms with E-state index in [2.05, 4.69) is 31.0 Å². The molecule has 0 saturated carbocycles. The molecule has 1 aliphatic heterocycles. The Bertz CT molecular complexity index is 446. The van der Waals surface area contributed by atoms with Crippen molar-refractivity contribution in [2.75, 3.05) is 31.6 Å². The summed E-state index contributed by atoms with van der Waals surface area (Å²) in [4.78, 5) is 16.2. The normalized spacial score (nSPS) is 16.8. The van der Waals surface area contributed by atoms with E-state index >= 15 is 0 Å². The lowest BCUT2D eigenvalue weighted by Crippen LogP contribution is -2.43. The number of nitrogens with one attached hydrogen (secondary N) is 1. The first kappa shape index (κ1) is 14.9. The van der Waals surface area contributed by atoms with Crippen molar-refractivity contribution in [3.8, 4) is 0 Å². The van der Waals surface area contributed by atoms with Gasteiger partial charge in [0, 0.05) is 31.9 Å². The highest BCUT2D eigenvalue weighted by atomic mass is 16.2. The summed E-state index contributed by atoms with van der Waals surface area (Å²) in [6.07, 6.45) is 2.24. The van der Waals surface area contributed by atoms with E-state index in [4.69, 9.17) is 0 Å². The van der Waals surface area contributed by atoms with Gasteiger partial charge in [-0.2, -0.15) is 5.10 Å². The summed E-state index contributed by atoms with van der Waals surface area (Å²) in [6, 6.07) is 2.02. The van der Waals surface area contributed by atoms with Crippen molar-refractivity contribution in [2.24, 2.45) is 5.92 Å². The Morgan fingerprint density at radius 1 is 1.50 bits per heavy atom. The molecule has 0 radical (unpaired) electrons. The van der Waals surface area contributed by atoms with E-state index in [-0.39, 0.29) is 5.91 Å². The summed E-state index contributed by atoms with van der Waals surface area (Å²) in [6.45, 7) is 8.69. The molecule has 2 heterocycles. The monoisotopic (exact) mass is 278 g/mol. The molecule has 112 valence electrons. The number of aromatic amines is 1. The zero-order valence-electron chi connectivity index (χ0n) is 13.0. The lowest BCUT2D eigenvalue weighted by atomic mass is 9.99. The maximum Gasteiger partial charge on any atom is 0.242 e. The van der Waals surface area contributed by atoms with E-state index in [0.29, 0.717) is 12.5 Å². The van der Waals surface area contributed by atoms with Crippen molar-refractivity contribution in [1.29, 1.82) is 0 Å². The predicted octanol–water partition coefficient (Wildman–Crippen LogP) is 2.23. The van der Waals surface area contributed by atoms with Crippen LogP contribution in [0.4, 0.5) is 5.82 Å². The minimum absolute atomic E-state index is 0.202. The van der Waals surface area contributed by atoms with Gasteiger partial charge >= 0.3 is 0 Å². The Morgan fingerprint density at radius 3 is 2.70 bits per heavy atom. The highest BCUT2D eigenvalue weighted by Gasteiger charge is 2.21. The fraction of sp³-hybridized carbons (Fsp3) is 0.733. The van der Waals surface area contributed by atoms with Crippen molar-refractivity contribution in [3.63, 3.8) is 0 Å². The maximum absolute atomic E-state index is 12.3. The number of piperidine rings is 1. The standard InChI is InChI=1S/C15H26N4O/c1-11(2)13-9-14(17-16-13)18(4)10-15(20)19-7-5-12(3)6-8-19/h9,11-12H,5-8,10H2,1-4H3,(H,16,17). The van der Waals surface area contributed by atoms with Gasteiger partial charge in [-0.1, -0.05) is 20.8 Å². The molecular weight excluding hydrogens is 252 g/mol. The second-order valence-corrected chi connectivity index (χ2v) is 6.26. The van der Waals surface area contributed by atoms with Gasteiger partial charge in [-0.05, 0) is 24.7 Å². The molecule has 0 atom stereocenters. The van der Waals surface area contributed by atoms with Crippen LogP contribution in [0.1, 0.15) is 45.2 Å². The topological polar surface area (TPSA) is 52.2 Å². The number of carbonyl (C=O) groups is 1. The largest absolute Gasteiger partial charge is 0.349 e. The summed E-state index contributed by atoms with van der Waals surface area (Å²) >= 11 is 0. The van der Waals surface area contributed by atoms with Crippen LogP contribution >= 0.6 is 0 Å². The fourth-order valence-corrected chi connectivity index (χ4v) is 2.46. The van der Waals surface area contributed by atoms with Crippen molar-refractivity contribution in [3.05, 3.63) is 11.8 Å². The van der Waals surface area contributed by atoms with Crippen LogP contribution in [0.2, 0.25) is 0 Å². The molecule has 0 spiro atoms. The van der Waals surface area contributed by atoms with Gasteiger partial charge in [0.1, 0.15) is 0 Å². The maximum atomic E-state index is 12.3. The molecule has 0 aliphatic carbocycles. The van der Waals surface area contributed by atoms with E-state index in [1.807, 2.05) is 22.9 Å². The van der Waals surface area contributed by atoms with E-state index in [9.17, 15) is 4.79 Å². The van der Waals surface area contributed by atoms with Crippen LogP contribution in [0.5, 0.6) is 0 Å². The number of anilines is 1. The lowest BCUT2D eigenvalue weighted by molar-refractivity contribution is -0.130. The second kappa shape index (κ2) is 6.29. The molecule has 1 aromatic heterocycles. The number of aromatic nitrogens is 2.